The average Bonchev–Trinajstić information content (AvgIpc) is 3.16. The van der Waals surface area contributed by atoms with Crippen LogP contribution in [-0.2, 0) is 6.42 Å². The predicted octanol–water partition coefficient (Wildman–Crippen LogP) is 3.82. The summed E-state index contributed by atoms with van der Waals surface area (Å²) < 4.78 is 16.6. The Kier molecular flexibility index (Phi) is 3.05. The van der Waals surface area contributed by atoms with Gasteiger partial charge in [-0.2, -0.15) is 5.26 Å². The van der Waals surface area contributed by atoms with Gasteiger partial charge < -0.3 is 0 Å². The van der Waals surface area contributed by atoms with Crippen molar-refractivity contribution < 1.29 is 4.39 Å². The lowest BCUT2D eigenvalue weighted by Gasteiger charge is -2.07. The number of fused-ring (bicyclic) bond motifs is 3. The first-order valence-corrected chi connectivity index (χ1v) is 8.27. The lowest BCUT2D eigenvalue weighted by atomic mass is 10.1. The van der Waals surface area contributed by atoms with Gasteiger partial charge in [0.25, 0.3) is 0 Å². The topological polar surface area (TPSA) is 41.6 Å². The number of aromatic nitrogens is 2. The van der Waals surface area contributed by atoms with E-state index >= 15 is 0 Å². The van der Waals surface area contributed by atoms with Crippen LogP contribution in [0.15, 0.2) is 41.2 Å². The SMILES string of the molecule is N#C/C(=C1/SC2Cc3c(F)cccc3C2S1)n1ccnc1. The van der Waals surface area contributed by atoms with Crippen LogP contribution in [0.25, 0.3) is 5.70 Å². The first kappa shape index (κ1) is 13.0. The zero-order valence-corrected chi connectivity index (χ0v) is 12.5. The van der Waals surface area contributed by atoms with Gasteiger partial charge in [-0.15, -0.1) is 23.5 Å². The van der Waals surface area contributed by atoms with Crippen molar-refractivity contribution >= 4 is 29.2 Å². The summed E-state index contributed by atoms with van der Waals surface area (Å²) in [7, 11) is 0. The predicted molar refractivity (Wildman–Crippen MR) is 82.9 cm³/mol. The molecule has 6 heteroatoms. The Morgan fingerprint density at radius 2 is 2.33 bits per heavy atom. The van der Waals surface area contributed by atoms with Gasteiger partial charge in [0.05, 0.1) is 10.6 Å². The lowest BCUT2D eigenvalue weighted by molar-refractivity contribution is 0.613. The molecular formula is C15H10FN3S2. The third kappa shape index (κ3) is 2.00. The Labute approximate surface area is 129 Å². The Hall–Kier alpha value is -1.71. The largest absolute Gasteiger partial charge is 0.296 e. The van der Waals surface area contributed by atoms with Crippen LogP contribution in [0.2, 0.25) is 0 Å². The molecule has 2 heterocycles. The van der Waals surface area contributed by atoms with Crippen molar-refractivity contribution in [2.24, 2.45) is 0 Å². The zero-order chi connectivity index (χ0) is 14.4. The molecule has 1 aliphatic carbocycles. The highest BCUT2D eigenvalue weighted by atomic mass is 32.2. The molecule has 1 aromatic carbocycles. The molecule has 1 fully saturated rings. The zero-order valence-electron chi connectivity index (χ0n) is 10.9. The fourth-order valence-corrected chi connectivity index (χ4v) is 6.19. The quantitative estimate of drug-likeness (QED) is 0.750. The number of allylic oxidation sites excluding steroid dienone is 1. The van der Waals surface area contributed by atoms with E-state index in [1.54, 1.807) is 52.9 Å². The van der Waals surface area contributed by atoms with Gasteiger partial charge in [0.1, 0.15) is 17.6 Å². The van der Waals surface area contributed by atoms with E-state index in [9.17, 15) is 9.65 Å². The third-order valence-corrected chi connectivity index (χ3v) is 6.90. The van der Waals surface area contributed by atoms with Crippen molar-refractivity contribution in [3.05, 3.63) is 58.1 Å². The molecule has 1 aromatic heterocycles. The smallest absolute Gasteiger partial charge is 0.145 e. The maximum absolute atomic E-state index is 13.8. The highest BCUT2D eigenvalue weighted by Gasteiger charge is 2.42. The van der Waals surface area contributed by atoms with Crippen molar-refractivity contribution in [1.82, 2.24) is 9.55 Å². The highest BCUT2D eigenvalue weighted by Crippen LogP contribution is 2.61. The number of halogens is 1. The van der Waals surface area contributed by atoms with Crippen LogP contribution >= 0.6 is 23.5 Å². The van der Waals surface area contributed by atoms with Gasteiger partial charge in [0.2, 0.25) is 0 Å². The van der Waals surface area contributed by atoms with Crippen LogP contribution in [0.1, 0.15) is 16.4 Å². The summed E-state index contributed by atoms with van der Waals surface area (Å²) in [6.45, 7) is 0. The standard InChI is InChI=1S/C15H10FN3S2/c16-11-3-1-2-9-10(11)6-13-14(9)21-15(20-13)12(7-17)19-5-4-18-8-19/h1-5,8,13-14H,6H2/b15-12+. The van der Waals surface area contributed by atoms with Crippen LogP contribution in [-0.4, -0.2) is 14.8 Å². The molecule has 1 saturated heterocycles. The summed E-state index contributed by atoms with van der Waals surface area (Å²) >= 11 is 3.35. The van der Waals surface area contributed by atoms with Gasteiger partial charge in [0, 0.05) is 22.9 Å². The third-order valence-electron chi connectivity index (χ3n) is 3.76. The number of imidazole rings is 1. The van der Waals surface area contributed by atoms with E-state index in [-0.39, 0.29) is 11.1 Å². The maximum atomic E-state index is 13.8. The molecule has 0 N–H and O–H groups in total. The van der Waals surface area contributed by atoms with Gasteiger partial charge >= 0.3 is 0 Å². The van der Waals surface area contributed by atoms with E-state index in [0.717, 1.165) is 21.8 Å². The van der Waals surface area contributed by atoms with Gasteiger partial charge in [-0.25, -0.2) is 9.37 Å². The van der Waals surface area contributed by atoms with Gasteiger partial charge in [-0.05, 0) is 23.6 Å². The minimum absolute atomic E-state index is 0.108. The molecule has 1 aliphatic heterocycles. The molecule has 0 bridgehead atoms. The van der Waals surface area contributed by atoms with E-state index < -0.39 is 0 Å². The number of thioether (sulfide) groups is 2. The second kappa shape index (κ2) is 4.93. The van der Waals surface area contributed by atoms with Crippen molar-refractivity contribution in [2.75, 3.05) is 0 Å². The van der Waals surface area contributed by atoms with Crippen LogP contribution in [0.5, 0.6) is 0 Å². The van der Waals surface area contributed by atoms with E-state index in [0.29, 0.717) is 10.9 Å². The fourth-order valence-electron chi connectivity index (χ4n) is 2.80. The average molecular weight is 315 g/mol. The fraction of sp³-hybridized carbons (Fsp3) is 0.200. The molecule has 2 aliphatic rings. The van der Waals surface area contributed by atoms with Crippen molar-refractivity contribution in [2.45, 2.75) is 16.9 Å². The molecule has 21 heavy (non-hydrogen) atoms. The summed E-state index contributed by atoms with van der Waals surface area (Å²) in [5.41, 5.74) is 2.53. The number of hydrogen-bond acceptors (Lipinski definition) is 4. The van der Waals surface area contributed by atoms with Gasteiger partial charge in [-0.3, -0.25) is 4.57 Å². The van der Waals surface area contributed by atoms with Crippen molar-refractivity contribution in [3.63, 3.8) is 0 Å². The van der Waals surface area contributed by atoms with Gasteiger partial charge in [0.15, 0.2) is 0 Å². The van der Waals surface area contributed by atoms with E-state index in [2.05, 4.69) is 11.1 Å². The molecule has 0 amide bonds. The summed E-state index contributed by atoms with van der Waals surface area (Å²) in [5.74, 6) is -0.108. The minimum Gasteiger partial charge on any atom is -0.296 e. The molecular weight excluding hydrogens is 305 g/mol. The molecule has 2 unspecified atom stereocenters. The van der Waals surface area contributed by atoms with Crippen LogP contribution in [0.3, 0.4) is 0 Å². The second-order valence-corrected chi connectivity index (χ2v) is 7.58. The monoisotopic (exact) mass is 315 g/mol. The Bertz CT molecular complexity index is 777. The summed E-state index contributed by atoms with van der Waals surface area (Å²) in [5, 5.41) is 9.97. The van der Waals surface area contributed by atoms with E-state index in [1.165, 1.54) is 6.07 Å². The van der Waals surface area contributed by atoms with E-state index in [1.807, 2.05) is 6.07 Å². The normalized spacial score (nSPS) is 25.3. The molecule has 0 radical (unpaired) electrons. The molecule has 104 valence electrons. The molecule has 0 saturated carbocycles. The van der Waals surface area contributed by atoms with Crippen LogP contribution < -0.4 is 0 Å². The summed E-state index contributed by atoms with van der Waals surface area (Å²) in [6.07, 6.45) is 5.80. The number of nitriles is 1. The molecule has 4 rings (SSSR count). The van der Waals surface area contributed by atoms with Gasteiger partial charge in [-0.1, -0.05) is 12.1 Å². The van der Waals surface area contributed by atoms with Crippen molar-refractivity contribution in [3.8, 4) is 6.07 Å². The van der Waals surface area contributed by atoms with Crippen LogP contribution in [0.4, 0.5) is 4.39 Å². The van der Waals surface area contributed by atoms with Crippen molar-refractivity contribution in [1.29, 1.82) is 5.26 Å². The second-order valence-electron chi connectivity index (χ2n) is 4.92. The first-order chi connectivity index (χ1) is 10.3. The molecule has 0 spiro atoms. The summed E-state index contributed by atoms with van der Waals surface area (Å²) in [6, 6.07) is 7.56. The first-order valence-electron chi connectivity index (χ1n) is 6.51. The Balaban J connectivity index is 1.73. The molecule has 2 aromatic rings. The van der Waals surface area contributed by atoms with Crippen LogP contribution in [0, 0.1) is 17.1 Å². The lowest BCUT2D eigenvalue weighted by Crippen LogP contribution is -1.99. The Morgan fingerprint density at radius 1 is 1.43 bits per heavy atom. The Morgan fingerprint density at radius 3 is 3.10 bits per heavy atom. The minimum atomic E-state index is -0.108. The number of benzene rings is 1. The number of rotatable bonds is 1. The molecule has 3 nitrogen and oxygen atoms in total. The maximum Gasteiger partial charge on any atom is 0.145 e. The molecule has 2 atom stereocenters. The summed E-state index contributed by atoms with van der Waals surface area (Å²) in [4.78, 5) is 3.99. The van der Waals surface area contributed by atoms with E-state index in [4.69, 9.17) is 0 Å². The number of nitrogens with zero attached hydrogens (tertiary/aromatic N) is 3. The highest BCUT2D eigenvalue weighted by molar-refractivity contribution is 8.26. The number of hydrogen-bond donors (Lipinski definition) is 0.